The fraction of sp³-hybridized carbons (Fsp3) is 0.250. The summed E-state index contributed by atoms with van der Waals surface area (Å²) < 4.78 is 49.6. The Morgan fingerprint density at radius 1 is 0.971 bits per heavy atom. The Labute approximate surface area is 194 Å². The molecule has 2 aromatic carbocycles. The molecule has 3 heterocycles. The lowest BCUT2D eigenvalue weighted by molar-refractivity contribution is 0.313. The van der Waals surface area contributed by atoms with Gasteiger partial charge in [-0.2, -0.15) is 9.37 Å². The summed E-state index contributed by atoms with van der Waals surface area (Å²) in [5, 5.41) is 2.90. The molecule has 34 heavy (non-hydrogen) atoms. The number of fused-ring (bicyclic) bond motifs is 1. The largest absolute Gasteiger partial charge is 0.433 e. The first-order valence-corrected chi connectivity index (χ1v) is 10.9. The quantitative estimate of drug-likeness (QED) is 0.431. The van der Waals surface area contributed by atoms with Crippen LogP contribution in [-0.4, -0.2) is 53.1 Å². The summed E-state index contributed by atoms with van der Waals surface area (Å²) in [6, 6.07) is 9.88. The molecule has 10 heteroatoms. The number of halogens is 3. The van der Waals surface area contributed by atoms with E-state index in [2.05, 4.69) is 37.1 Å². The van der Waals surface area contributed by atoms with Crippen molar-refractivity contribution >= 4 is 28.1 Å². The van der Waals surface area contributed by atoms with Gasteiger partial charge < -0.3 is 24.8 Å². The van der Waals surface area contributed by atoms with E-state index in [4.69, 9.17) is 4.74 Å². The molecular weight excluding hydrogens is 445 g/mol. The van der Waals surface area contributed by atoms with Gasteiger partial charge in [0.1, 0.15) is 6.33 Å². The van der Waals surface area contributed by atoms with Gasteiger partial charge >= 0.3 is 0 Å². The smallest absolute Gasteiger partial charge is 0.261 e. The second-order valence-corrected chi connectivity index (χ2v) is 8.32. The Morgan fingerprint density at radius 3 is 2.44 bits per heavy atom. The van der Waals surface area contributed by atoms with Crippen molar-refractivity contribution in [2.45, 2.75) is 6.92 Å². The normalized spacial score (nSPS) is 14.6. The van der Waals surface area contributed by atoms with Crippen LogP contribution in [-0.2, 0) is 0 Å². The molecule has 0 spiro atoms. The highest BCUT2D eigenvalue weighted by molar-refractivity contribution is 5.83. The van der Waals surface area contributed by atoms with Gasteiger partial charge in [0.15, 0.2) is 23.2 Å². The van der Waals surface area contributed by atoms with Gasteiger partial charge in [0.05, 0.1) is 5.52 Å². The standard InChI is InChI=1S/C24H23F3N6O/c1-14-11-17-20(26)19(12-18(25)22(17)30-14)34-24-21(27)23(28-13-29-24)31-15-3-5-16(6-4-15)33-9-7-32(2)8-10-33/h3-6,11-13,30H,7-10H2,1-2H3,(H,28,29,31). The number of likely N-dealkylation sites (N-methyl/N-ethyl adjacent to an activating group) is 1. The number of hydrogen-bond acceptors (Lipinski definition) is 6. The van der Waals surface area contributed by atoms with Crippen LogP contribution in [0.15, 0.2) is 42.7 Å². The van der Waals surface area contributed by atoms with E-state index < -0.39 is 29.1 Å². The Hall–Kier alpha value is -3.79. The summed E-state index contributed by atoms with van der Waals surface area (Å²) in [6.45, 7) is 5.55. The molecule has 1 aliphatic heterocycles. The zero-order valence-electron chi connectivity index (χ0n) is 18.7. The molecule has 5 rings (SSSR count). The Kier molecular flexibility index (Phi) is 5.74. The van der Waals surface area contributed by atoms with Crippen molar-refractivity contribution < 1.29 is 17.9 Å². The van der Waals surface area contributed by atoms with E-state index in [1.165, 1.54) is 6.07 Å². The van der Waals surface area contributed by atoms with Crippen molar-refractivity contribution in [3.05, 3.63) is 65.9 Å². The van der Waals surface area contributed by atoms with Gasteiger partial charge in [-0.1, -0.05) is 0 Å². The fourth-order valence-corrected chi connectivity index (χ4v) is 3.98. The van der Waals surface area contributed by atoms with E-state index in [-0.39, 0.29) is 16.7 Å². The van der Waals surface area contributed by atoms with Gasteiger partial charge in [-0.05, 0) is 44.3 Å². The van der Waals surface area contributed by atoms with Crippen LogP contribution >= 0.6 is 0 Å². The minimum Gasteiger partial charge on any atom is -0.433 e. The molecule has 0 saturated carbocycles. The molecule has 0 bridgehead atoms. The first kappa shape index (κ1) is 22.0. The SMILES string of the molecule is Cc1cc2c(F)c(Oc3ncnc(Nc4ccc(N5CCN(C)CC5)cc4)c3F)cc(F)c2[nH]1. The van der Waals surface area contributed by atoms with E-state index in [1.807, 2.05) is 24.3 Å². The van der Waals surface area contributed by atoms with Gasteiger partial charge in [0, 0.05) is 54.7 Å². The molecule has 2 N–H and O–H groups in total. The molecule has 176 valence electrons. The third kappa shape index (κ3) is 4.24. The maximum Gasteiger partial charge on any atom is 0.261 e. The molecule has 2 aromatic heterocycles. The van der Waals surface area contributed by atoms with Crippen molar-refractivity contribution in [2.75, 3.05) is 43.4 Å². The van der Waals surface area contributed by atoms with Crippen molar-refractivity contribution in [3.8, 4) is 11.6 Å². The minimum atomic E-state index is -0.921. The maximum absolute atomic E-state index is 15.1. The third-order valence-electron chi connectivity index (χ3n) is 5.86. The Balaban J connectivity index is 1.35. The average molecular weight is 468 g/mol. The van der Waals surface area contributed by atoms with Crippen molar-refractivity contribution in [1.82, 2.24) is 19.9 Å². The monoisotopic (exact) mass is 468 g/mol. The van der Waals surface area contributed by atoms with Gasteiger partial charge in [0.25, 0.3) is 5.88 Å². The third-order valence-corrected chi connectivity index (χ3v) is 5.86. The molecule has 0 radical (unpaired) electrons. The second kappa shape index (κ2) is 8.86. The van der Waals surface area contributed by atoms with Crippen LogP contribution in [0.1, 0.15) is 5.69 Å². The molecule has 4 aromatic rings. The van der Waals surface area contributed by atoms with Crippen molar-refractivity contribution in [2.24, 2.45) is 0 Å². The maximum atomic E-state index is 15.1. The van der Waals surface area contributed by atoms with Crippen LogP contribution in [0.5, 0.6) is 11.6 Å². The van der Waals surface area contributed by atoms with Crippen LogP contribution in [0.3, 0.4) is 0 Å². The zero-order valence-corrected chi connectivity index (χ0v) is 18.7. The van der Waals surface area contributed by atoms with E-state index in [1.54, 1.807) is 6.92 Å². The number of nitrogens with one attached hydrogen (secondary N) is 2. The van der Waals surface area contributed by atoms with E-state index >= 15 is 4.39 Å². The molecule has 0 unspecified atom stereocenters. The molecule has 0 amide bonds. The molecule has 1 fully saturated rings. The van der Waals surface area contributed by atoms with E-state index in [9.17, 15) is 8.78 Å². The fourth-order valence-electron chi connectivity index (χ4n) is 3.98. The number of anilines is 3. The van der Waals surface area contributed by atoms with Crippen LogP contribution in [0, 0.1) is 24.4 Å². The summed E-state index contributed by atoms with van der Waals surface area (Å²) in [5.41, 5.74) is 2.30. The predicted molar refractivity (Wildman–Crippen MR) is 124 cm³/mol. The number of piperazine rings is 1. The number of hydrogen-bond donors (Lipinski definition) is 2. The molecular formula is C24H23F3N6O. The van der Waals surface area contributed by atoms with E-state index in [0.29, 0.717) is 11.4 Å². The highest BCUT2D eigenvalue weighted by Crippen LogP contribution is 2.34. The van der Waals surface area contributed by atoms with Crippen LogP contribution in [0.4, 0.5) is 30.4 Å². The van der Waals surface area contributed by atoms with Crippen molar-refractivity contribution in [1.29, 1.82) is 0 Å². The summed E-state index contributed by atoms with van der Waals surface area (Å²) >= 11 is 0. The topological polar surface area (TPSA) is 69.3 Å². The molecule has 1 saturated heterocycles. The number of rotatable bonds is 5. The van der Waals surface area contributed by atoms with Crippen LogP contribution in [0.25, 0.3) is 10.9 Å². The zero-order chi connectivity index (χ0) is 23.8. The lowest BCUT2D eigenvalue weighted by atomic mass is 10.2. The van der Waals surface area contributed by atoms with Crippen LogP contribution in [0.2, 0.25) is 0 Å². The van der Waals surface area contributed by atoms with Gasteiger partial charge in [-0.25, -0.2) is 13.8 Å². The van der Waals surface area contributed by atoms with Gasteiger partial charge in [-0.3, -0.25) is 0 Å². The number of aryl methyl sites for hydroxylation is 1. The predicted octanol–water partition coefficient (Wildman–Crippen LogP) is 4.97. The molecule has 0 atom stereocenters. The van der Waals surface area contributed by atoms with Crippen LogP contribution < -0.4 is 15.0 Å². The van der Waals surface area contributed by atoms with E-state index in [0.717, 1.165) is 44.3 Å². The lowest BCUT2D eigenvalue weighted by Crippen LogP contribution is -2.44. The number of benzene rings is 2. The van der Waals surface area contributed by atoms with Crippen molar-refractivity contribution in [3.63, 3.8) is 0 Å². The lowest BCUT2D eigenvalue weighted by Gasteiger charge is -2.34. The summed E-state index contributed by atoms with van der Waals surface area (Å²) in [4.78, 5) is 15.0. The summed E-state index contributed by atoms with van der Waals surface area (Å²) in [6.07, 6.45) is 1.09. The number of aromatic nitrogens is 3. The number of nitrogens with zero attached hydrogens (tertiary/aromatic N) is 4. The molecule has 1 aliphatic rings. The first-order chi connectivity index (χ1) is 16.4. The average Bonchev–Trinajstić information content (AvgIpc) is 3.23. The second-order valence-electron chi connectivity index (χ2n) is 8.32. The molecule has 7 nitrogen and oxygen atoms in total. The Morgan fingerprint density at radius 2 is 1.71 bits per heavy atom. The Bertz CT molecular complexity index is 1330. The molecule has 0 aliphatic carbocycles. The highest BCUT2D eigenvalue weighted by Gasteiger charge is 2.20. The minimum absolute atomic E-state index is 0.0146. The summed E-state index contributed by atoms with van der Waals surface area (Å²) in [5.74, 6) is -3.58. The number of H-pyrrole nitrogens is 1. The number of aromatic amines is 1. The number of ether oxygens (including phenoxy) is 1. The van der Waals surface area contributed by atoms with Gasteiger partial charge in [-0.15, -0.1) is 0 Å². The van der Waals surface area contributed by atoms with Gasteiger partial charge in [0.2, 0.25) is 5.82 Å². The first-order valence-electron chi connectivity index (χ1n) is 10.9. The summed E-state index contributed by atoms with van der Waals surface area (Å²) in [7, 11) is 2.10. The highest BCUT2D eigenvalue weighted by atomic mass is 19.1.